The molecule has 0 fully saturated rings. The van der Waals surface area contributed by atoms with E-state index >= 15 is 0 Å². The first-order chi connectivity index (χ1) is 17.9. The molecule has 0 radical (unpaired) electrons. The van der Waals surface area contributed by atoms with Gasteiger partial charge in [-0.15, -0.1) is 0 Å². The smallest absolute Gasteiger partial charge is 0.251 e. The summed E-state index contributed by atoms with van der Waals surface area (Å²) in [5.74, 6) is 3.42. The van der Waals surface area contributed by atoms with E-state index in [-0.39, 0.29) is 5.91 Å². The van der Waals surface area contributed by atoms with Gasteiger partial charge >= 0.3 is 0 Å². The molecule has 0 bridgehead atoms. The van der Waals surface area contributed by atoms with Crippen LogP contribution in [0.25, 0.3) is 11.0 Å². The van der Waals surface area contributed by atoms with Gasteiger partial charge in [0.05, 0.1) is 49.2 Å². The number of carbonyl (C=O) groups is 1. The fourth-order valence-electron chi connectivity index (χ4n) is 4.57. The van der Waals surface area contributed by atoms with Crippen molar-refractivity contribution in [3.8, 4) is 11.5 Å². The van der Waals surface area contributed by atoms with Gasteiger partial charge < -0.3 is 29.2 Å². The number of hydrogen-bond acceptors (Lipinski definition) is 6. The SMILES string of the molecule is COc1ccccc1OCCNC(=O)c1ccc2nc(Cc3nc4c([nH]3)CCN(C(C)=N)C4)n(C)c2c1. The molecule has 4 aromatic rings. The van der Waals surface area contributed by atoms with Crippen LogP contribution in [0.3, 0.4) is 0 Å². The number of benzene rings is 2. The lowest BCUT2D eigenvalue weighted by Gasteiger charge is -2.26. The second-order valence-corrected chi connectivity index (χ2v) is 9.09. The zero-order valence-corrected chi connectivity index (χ0v) is 21.3. The summed E-state index contributed by atoms with van der Waals surface area (Å²) in [5, 5.41) is 10.8. The van der Waals surface area contributed by atoms with Crippen molar-refractivity contribution in [2.24, 2.45) is 7.05 Å². The Labute approximate surface area is 215 Å². The van der Waals surface area contributed by atoms with Gasteiger partial charge in [0.2, 0.25) is 0 Å². The molecule has 0 saturated heterocycles. The summed E-state index contributed by atoms with van der Waals surface area (Å²) >= 11 is 0. The van der Waals surface area contributed by atoms with E-state index < -0.39 is 0 Å². The highest BCUT2D eigenvalue weighted by atomic mass is 16.5. The minimum Gasteiger partial charge on any atom is -0.493 e. The fourth-order valence-corrected chi connectivity index (χ4v) is 4.57. The number of hydrogen-bond donors (Lipinski definition) is 3. The highest BCUT2D eigenvalue weighted by Gasteiger charge is 2.21. The summed E-state index contributed by atoms with van der Waals surface area (Å²) in [4.78, 5) is 27.8. The zero-order valence-electron chi connectivity index (χ0n) is 21.3. The van der Waals surface area contributed by atoms with Gasteiger partial charge in [-0.05, 0) is 37.3 Å². The van der Waals surface area contributed by atoms with Crippen LogP contribution in [0.15, 0.2) is 42.5 Å². The molecule has 2 aromatic heterocycles. The van der Waals surface area contributed by atoms with Crippen LogP contribution in [0, 0.1) is 5.41 Å². The van der Waals surface area contributed by atoms with Crippen LogP contribution in [-0.4, -0.2) is 63.0 Å². The monoisotopic (exact) mass is 501 g/mol. The van der Waals surface area contributed by atoms with E-state index in [1.807, 2.05) is 59.8 Å². The van der Waals surface area contributed by atoms with Gasteiger partial charge in [-0.2, -0.15) is 0 Å². The maximum Gasteiger partial charge on any atom is 0.251 e. The zero-order chi connectivity index (χ0) is 25.9. The number of H-pyrrole nitrogens is 1. The number of nitrogens with one attached hydrogen (secondary N) is 3. The van der Waals surface area contributed by atoms with Crippen LogP contribution in [0.2, 0.25) is 0 Å². The molecular weight excluding hydrogens is 470 g/mol. The lowest BCUT2D eigenvalue weighted by atomic mass is 10.1. The lowest BCUT2D eigenvalue weighted by Crippen LogP contribution is -2.33. The number of rotatable bonds is 8. The van der Waals surface area contributed by atoms with E-state index in [9.17, 15) is 4.79 Å². The minimum atomic E-state index is -0.168. The predicted octanol–water partition coefficient (Wildman–Crippen LogP) is 3.06. The third kappa shape index (κ3) is 5.13. The Balaban J connectivity index is 1.23. The molecule has 0 atom stereocenters. The number of para-hydroxylation sites is 2. The molecule has 1 amide bonds. The van der Waals surface area contributed by atoms with Gasteiger partial charge in [-0.1, -0.05) is 12.1 Å². The second-order valence-electron chi connectivity index (χ2n) is 9.09. The number of fused-ring (bicyclic) bond motifs is 2. The van der Waals surface area contributed by atoms with Gasteiger partial charge in [0, 0.05) is 31.3 Å². The Hall–Kier alpha value is -4.34. The number of aryl methyl sites for hydroxylation is 1. The molecule has 3 N–H and O–H groups in total. The second kappa shape index (κ2) is 10.3. The number of nitrogens with zero attached hydrogens (tertiary/aromatic N) is 4. The van der Waals surface area contributed by atoms with Crippen molar-refractivity contribution in [3.63, 3.8) is 0 Å². The van der Waals surface area contributed by atoms with E-state index in [0.717, 1.165) is 47.0 Å². The molecule has 192 valence electrons. The number of methoxy groups -OCH3 is 1. The molecule has 0 spiro atoms. The molecule has 10 nitrogen and oxygen atoms in total. The number of amides is 1. The normalized spacial score (nSPS) is 12.9. The summed E-state index contributed by atoms with van der Waals surface area (Å²) < 4.78 is 13.0. The number of amidine groups is 1. The number of carbonyl (C=O) groups excluding carboxylic acids is 1. The van der Waals surface area contributed by atoms with Crippen molar-refractivity contribution in [2.75, 3.05) is 26.8 Å². The summed E-state index contributed by atoms with van der Waals surface area (Å²) in [6, 6.07) is 12.9. The molecule has 37 heavy (non-hydrogen) atoms. The fraction of sp³-hybridized carbons (Fsp3) is 0.333. The summed E-state index contributed by atoms with van der Waals surface area (Å²) in [6.07, 6.45) is 1.41. The van der Waals surface area contributed by atoms with Gasteiger partial charge in [0.1, 0.15) is 18.3 Å². The standard InChI is InChI=1S/C27H31N7O3/c1-17(28)34-12-10-19-21(16-34)31-25(30-19)15-26-32-20-9-8-18(14-22(20)33(26)2)27(35)29-11-13-37-24-7-5-4-6-23(24)36-3/h4-9,14,28H,10-13,15-16H2,1-3H3,(H,29,35)(H,30,31). The molecule has 0 unspecified atom stereocenters. The van der Waals surface area contributed by atoms with Crippen LogP contribution in [-0.2, 0) is 26.4 Å². The molecule has 5 rings (SSSR count). The molecule has 2 aromatic carbocycles. The van der Waals surface area contributed by atoms with Crippen LogP contribution >= 0.6 is 0 Å². The van der Waals surface area contributed by atoms with E-state index in [2.05, 4.69) is 10.3 Å². The van der Waals surface area contributed by atoms with Crippen molar-refractivity contribution in [1.29, 1.82) is 5.41 Å². The minimum absolute atomic E-state index is 0.168. The average molecular weight is 502 g/mol. The van der Waals surface area contributed by atoms with Crippen molar-refractivity contribution in [2.45, 2.75) is 26.3 Å². The average Bonchev–Trinajstić information content (AvgIpc) is 3.45. The Bertz CT molecular complexity index is 1460. The van der Waals surface area contributed by atoms with Crippen LogP contribution in [0.4, 0.5) is 0 Å². The van der Waals surface area contributed by atoms with Crippen LogP contribution < -0.4 is 14.8 Å². The molecule has 0 saturated carbocycles. The third-order valence-electron chi connectivity index (χ3n) is 6.64. The van der Waals surface area contributed by atoms with Crippen molar-refractivity contribution in [3.05, 3.63) is 71.1 Å². The highest BCUT2D eigenvalue weighted by Crippen LogP contribution is 2.25. The number of aromatic amines is 1. The van der Waals surface area contributed by atoms with Crippen molar-refractivity contribution >= 4 is 22.8 Å². The van der Waals surface area contributed by atoms with Crippen molar-refractivity contribution in [1.82, 2.24) is 29.7 Å². The Kier molecular flexibility index (Phi) is 6.80. The van der Waals surface area contributed by atoms with Gasteiger partial charge in [0.25, 0.3) is 5.91 Å². The van der Waals surface area contributed by atoms with E-state index in [1.54, 1.807) is 13.2 Å². The molecule has 10 heteroatoms. The quantitative estimate of drug-likeness (QED) is 0.194. The lowest BCUT2D eigenvalue weighted by molar-refractivity contribution is 0.0947. The van der Waals surface area contributed by atoms with Crippen LogP contribution in [0.1, 0.15) is 40.3 Å². The summed E-state index contributed by atoms with van der Waals surface area (Å²) in [6.45, 7) is 3.99. The number of aromatic nitrogens is 4. The number of imidazole rings is 2. The highest BCUT2D eigenvalue weighted by molar-refractivity contribution is 5.97. The topological polar surface area (TPSA) is 121 Å². The first-order valence-electron chi connectivity index (χ1n) is 12.3. The maximum atomic E-state index is 12.8. The Morgan fingerprint density at radius 1 is 1.19 bits per heavy atom. The van der Waals surface area contributed by atoms with Crippen LogP contribution in [0.5, 0.6) is 11.5 Å². The molecule has 1 aliphatic rings. The third-order valence-corrected chi connectivity index (χ3v) is 6.64. The first kappa shape index (κ1) is 24.4. The van der Waals surface area contributed by atoms with E-state index in [4.69, 9.17) is 24.9 Å². The van der Waals surface area contributed by atoms with Gasteiger partial charge in [0.15, 0.2) is 11.5 Å². The maximum absolute atomic E-state index is 12.8. The summed E-state index contributed by atoms with van der Waals surface area (Å²) in [5.41, 5.74) is 4.42. The van der Waals surface area contributed by atoms with Gasteiger partial charge in [-0.25, -0.2) is 9.97 Å². The van der Waals surface area contributed by atoms with Gasteiger partial charge in [-0.3, -0.25) is 10.2 Å². The molecule has 0 aliphatic carbocycles. The molecule has 1 aliphatic heterocycles. The predicted molar refractivity (Wildman–Crippen MR) is 140 cm³/mol. The summed E-state index contributed by atoms with van der Waals surface area (Å²) in [7, 11) is 3.55. The number of ether oxygens (including phenoxy) is 2. The van der Waals surface area contributed by atoms with E-state index in [1.165, 1.54) is 0 Å². The Morgan fingerprint density at radius 3 is 2.78 bits per heavy atom. The van der Waals surface area contributed by atoms with E-state index in [0.29, 0.717) is 49.0 Å². The van der Waals surface area contributed by atoms with Crippen molar-refractivity contribution < 1.29 is 14.3 Å². The Morgan fingerprint density at radius 2 is 2.00 bits per heavy atom. The molecule has 3 heterocycles. The molecular formula is C27H31N7O3. The first-order valence-corrected chi connectivity index (χ1v) is 12.3. The largest absolute Gasteiger partial charge is 0.493 e.